The SMILES string of the molecule is C#CCOc1ccccc1CNCC1CCN(S(=O)(=O)c2ccccc2)CC1. The number of piperidine rings is 1. The second-order valence-electron chi connectivity index (χ2n) is 6.89. The number of para-hydroxylation sites is 1. The van der Waals surface area contributed by atoms with E-state index in [9.17, 15) is 8.42 Å². The van der Waals surface area contributed by atoms with Crippen LogP contribution in [0.25, 0.3) is 0 Å². The summed E-state index contributed by atoms with van der Waals surface area (Å²) in [5.41, 5.74) is 1.07. The topological polar surface area (TPSA) is 58.6 Å². The van der Waals surface area contributed by atoms with Crippen molar-refractivity contribution in [3.63, 3.8) is 0 Å². The fourth-order valence-corrected chi connectivity index (χ4v) is 4.91. The number of terminal acetylenes is 1. The molecule has 0 atom stereocenters. The largest absolute Gasteiger partial charge is 0.481 e. The van der Waals surface area contributed by atoms with E-state index in [1.807, 2.05) is 30.3 Å². The van der Waals surface area contributed by atoms with Crippen LogP contribution < -0.4 is 10.1 Å². The Morgan fingerprint density at radius 1 is 1.07 bits per heavy atom. The lowest BCUT2D eigenvalue weighted by Crippen LogP contribution is -2.40. The molecular weight excluding hydrogens is 372 g/mol. The maximum atomic E-state index is 12.7. The van der Waals surface area contributed by atoms with Gasteiger partial charge in [0, 0.05) is 25.2 Å². The van der Waals surface area contributed by atoms with Crippen molar-refractivity contribution in [3.05, 3.63) is 60.2 Å². The summed E-state index contributed by atoms with van der Waals surface area (Å²) in [6.07, 6.45) is 6.98. The van der Waals surface area contributed by atoms with Crippen molar-refractivity contribution in [2.75, 3.05) is 26.2 Å². The van der Waals surface area contributed by atoms with Crippen LogP contribution in [0.2, 0.25) is 0 Å². The van der Waals surface area contributed by atoms with Gasteiger partial charge >= 0.3 is 0 Å². The van der Waals surface area contributed by atoms with Crippen molar-refractivity contribution in [1.82, 2.24) is 9.62 Å². The van der Waals surface area contributed by atoms with E-state index in [1.165, 1.54) is 0 Å². The van der Waals surface area contributed by atoms with Gasteiger partial charge in [0.1, 0.15) is 12.4 Å². The molecule has 1 saturated heterocycles. The molecule has 0 saturated carbocycles. The van der Waals surface area contributed by atoms with E-state index in [0.717, 1.165) is 30.7 Å². The minimum Gasteiger partial charge on any atom is -0.481 e. The number of nitrogens with zero attached hydrogens (tertiary/aromatic N) is 1. The van der Waals surface area contributed by atoms with E-state index >= 15 is 0 Å². The first-order valence-corrected chi connectivity index (χ1v) is 11.0. The monoisotopic (exact) mass is 398 g/mol. The van der Waals surface area contributed by atoms with Crippen LogP contribution in [0.5, 0.6) is 5.75 Å². The molecule has 0 bridgehead atoms. The van der Waals surface area contributed by atoms with E-state index in [-0.39, 0.29) is 6.61 Å². The number of sulfonamides is 1. The third kappa shape index (κ3) is 5.14. The van der Waals surface area contributed by atoms with Crippen LogP contribution in [-0.2, 0) is 16.6 Å². The van der Waals surface area contributed by atoms with Crippen LogP contribution in [0, 0.1) is 18.3 Å². The molecule has 1 aliphatic heterocycles. The van der Waals surface area contributed by atoms with Gasteiger partial charge in [-0.25, -0.2) is 8.42 Å². The predicted molar refractivity (Wildman–Crippen MR) is 110 cm³/mol. The predicted octanol–water partition coefficient (Wildman–Crippen LogP) is 2.89. The molecule has 5 nitrogen and oxygen atoms in total. The first-order chi connectivity index (χ1) is 13.6. The Kier molecular flexibility index (Phi) is 7.10. The maximum absolute atomic E-state index is 12.7. The number of ether oxygens (including phenoxy) is 1. The summed E-state index contributed by atoms with van der Waals surface area (Å²) in [6, 6.07) is 16.5. The third-order valence-electron chi connectivity index (χ3n) is 4.99. The molecule has 1 aliphatic rings. The minimum atomic E-state index is -3.38. The van der Waals surface area contributed by atoms with Crippen LogP contribution in [0.4, 0.5) is 0 Å². The molecule has 2 aromatic carbocycles. The van der Waals surface area contributed by atoms with Crippen molar-refractivity contribution in [1.29, 1.82) is 0 Å². The summed E-state index contributed by atoms with van der Waals surface area (Å²) < 4.78 is 32.6. The van der Waals surface area contributed by atoms with Crippen LogP contribution in [0.3, 0.4) is 0 Å². The summed E-state index contributed by atoms with van der Waals surface area (Å²) in [4.78, 5) is 0.371. The zero-order valence-electron chi connectivity index (χ0n) is 15.9. The molecule has 148 valence electrons. The second-order valence-corrected chi connectivity index (χ2v) is 8.83. The van der Waals surface area contributed by atoms with Gasteiger partial charge in [0.15, 0.2) is 0 Å². The number of nitrogens with one attached hydrogen (secondary N) is 1. The second kappa shape index (κ2) is 9.74. The molecule has 0 unspecified atom stereocenters. The van der Waals surface area contributed by atoms with E-state index in [4.69, 9.17) is 11.2 Å². The van der Waals surface area contributed by atoms with Gasteiger partial charge in [-0.2, -0.15) is 4.31 Å². The van der Waals surface area contributed by atoms with E-state index in [2.05, 4.69) is 11.2 Å². The molecule has 0 radical (unpaired) electrons. The highest BCUT2D eigenvalue weighted by molar-refractivity contribution is 7.89. The van der Waals surface area contributed by atoms with Crippen molar-refractivity contribution in [3.8, 4) is 18.1 Å². The lowest BCUT2D eigenvalue weighted by molar-refractivity contribution is 0.266. The van der Waals surface area contributed by atoms with Gasteiger partial charge in [0.25, 0.3) is 0 Å². The number of hydrogen-bond donors (Lipinski definition) is 1. The highest BCUT2D eigenvalue weighted by Crippen LogP contribution is 2.24. The molecule has 0 amide bonds. The lowest BCUT2D eigenvalue weighted by atomic mass is 9.98. The first-order valence-electron chi connectivity index (χ1n) is 9.51. The molecule has 3 rings (SSSR count). The first kappa shape index (κ1) is 20.4. The molecule has 0 aliphatic carbocycles. The summed E-state index contributed by atoms with van der Waals surface area (Å²) in [7, 11) is -3.38. The normalized spacial score (nSPS) is 15.8. The zero-order chi connectivity index (χ0) is 19.8. The molecule has 1 heterocycles. The fraction of sp³-hybridized carbons (Fsp3) is 0.364. The van der Waals surface area contributed by atoms with Crippen molar-refractivity contribution in [2.45, 2.75) is 24.3 Å². The lowest BCUT2D eigenvalue weighted by Gasteiger charge is -2.31. The number of benzene rings is 2. The number of hydrogen-bond acceptors (Lipinski definition) is 4. The fourth-order valence-electron chi connectivity index (χ4n) is 3.42. The van der Waals surface area contributed by atoms with Gasteiger partial charge in [0.2, 0.25) is 10.0 Å². The molecule has 2 aromatic rings. The molecule has 28 heavy (non-hydrogen) atoms. The van der Waals surface area contributed by atoms with Crippen LogP contribution in [0.15, 0.2) is 59.5 Å². The van der Waals surface area contributed by atoms with E-state index in [1.54, 1.807) is 28.6 Å². The van der Waals surface area contributed by atoms with Gasteiger partial charge in [-0.3, -0.25) is 0 Å². The average Bonchev–Trinajstić information content (AvgIpc) is 2.74. The minimum absolute atomic E-state index is 0.255. The van der Waals surface area contributed by atoms with Crippen LogP contribution in [0.1, 0.15) is 18.4 Å². The summed E-state index contributed by atoms with van der Waals surface area (Å²) in [5.74, 6) is 3.74. The number of rotatable bonds is 8. The zero-order valence-corrected chi connectivity index (χ0v) is 16.7. The molecule has 1 fully saturated rings. The summed E-state index contributed by atoms with van der Waals surface area (Å²) >= 11 is 0. The molecular formula is C22H26N2O3S. The Hall–Kier alpha value is -2.33. The van der Waals surface area contributed by atoms with Crippen molar-refractivity contribution < 1.29 is 13.2 Å². The van der Waals surface area contributed by atoms with Crippen molar-refractivity contribution in [2.24, 2.45) is 5.92 Å². The molecule has 0 spiro atoms. The maximum Gasteiger partial charge on any atom is 0.243 e. The van der Waals surface area contributed by atoms with Gasteiger partial charge in [-0.05, 0) is 43.5 Å². The average molecular weight is 399 g/mol. The Morgan fingerprint density at radius 3 is 2.46 bits per heavy atom. The van der Waals surface area contributed by atoms with E-state index in [0.29, 0.717) is 30.4 Å². The summed E-state index contributed by atoms with van der Waals surface area (Å²) in [5, 5.41) is 3.47. The van der Waals surface area contributed by atoms with Gasteiger partial charge < -0.3 is 10.1 Å². The smallest absolute Gasteiger partial charge is 0.243 e. The van der Waals surface area contributed by atoms with Gasteiger partial charge in [-0.1, -0.05) is 42.3 Å². The summed E-state index contributed by atoms with van der Waals surface area (Å²) in [6.45, 7) is 2.92. The standard InChI is InChI=1S/C22H26N2O3S/c1-2-16-27-22-11-7-6-8-20(22)18-23-17-19-12-14-24(15-13-19)28(25,26)21-9-4-3-5-10-21/h1,3-11,19,23H,12-18H2. The van der Waals surface area contributed by atoms with E-state index < -0.39 is 10.0 Å². The van der Waals surface area contributed by atoms with Gasteiger partial charge in [-0.15, -0.1) is 6.42 Å². The third-order valence-corrected chi connectivity index (χ3v) is 6.90. The molecule has 0 aromatic heterocycles. The Bertz CT molecular complexity index is 899. The highest BCUT2D eigenvalue weighted by atomic mass is 32.2. The highest BCUT2D eigenvalue weighted by Gasteiger charge is 2.29. The Morgan fingerprint density at radius 2 is 1.75 bits per heavy atom. The molecule has 6 heteroatoms. The van der Waals surface area contributed by atoms with Crippen LogP contribution >= 0.6 is 0 Å². The Balaban J connectivity index is 1.47. The van der Waals surface area contributed by atoms with Gasteiger partial charge in [0.05, 0.1) is 4.90 Å². The molecule has 1 N–H and O–H groups in total. The van der Waals surface area contributed by atoms with Crippen molar-refractivity contribution >= 4 is 10.0 Å². The quantitative estimate of drug-likeness (QED) is 0.695. The van der Waals surface area contributed by atoms with Crippen LogP contribution in [-0.4, -0.2) is 39.0 Å². The Labute approximate surface area is 167 Å².